The quantitative estimate of drug-likeness (QED) is 0.562. The summed E-state index contributed by atoms with van der Waals surface area (Å²) in [5.74, 6) is 1.40. The van der Waals surface area contributed by atoms with Gasteiger partial charge in [-0.15, -0.1) is 0 Å². The van der Waals surface area contributed by atoms with Gasteiger partial charge in [0.25, 0.3) is 0 Å². The van der Waals surface area contributed by atoms with Crippen molar-refractivity contribution in [3.8, 4) is 0 Å². The lowest BCUT2D eigenvalue weighted by Crippen LogP contribution is -2.29. The molecule has 0 heterocycles. The van der Waals surface area contributed by atoms with E-state index in [1.54, 1.807) is 0 Å². The van der Waals surface area contributed by atoms with E-state index in [-0.39, 0.29) is 6.10 Å². The van der Waals surface area contributed by atoms with E-state index in [0.29, 0.717) is 17.3 Å². The van der Waals surface area contributed by atoms with Gasteiger partial charge in [0, 0.05) is 0 Å². The fourth-order valence-corrected chi connectivity index (χ4v) is 4.08. The van der Waals surface area contributed by atoms with E-state index in [0.717, 1.165) is 0 Å². The third kappa shape index (κ3) is 0.618. The lowest BCUT2D eigenvalue weighted by Gasteiger charge is -2.31. The molecule has 0 amide bonds. The molecule has 1 spiro atoms. The predicted molar refractivity (Wildman–Crippen MR) is 43.1 cm³/mol. The molecule has 3 aliphatic rings. The third-order valence-corrected chi connectivity index (χ3v) is 4.55. The number of rotatable bonds is 0. The molecular weight excluding hydrogens is 136 g/mol. The standard InChI is InChI=1S/C10H16O/c11-9-7-3-5-10(6-7)4-1-2-8(9)10/h7-9,11H,1-6H2/t7-,8-,9+,10+/m0/s1. The van der Waals surface area contributed by atoms with Crippen molar-refractivity contribution < 1.29 is 5.11 Å². The zero-order valence-electron chi connectivity index (χ0n) is 6.92. The van der Waals surface area contributed by atoms with E-state index in [1.807, 2.05) is 0 Å². The minimum absolute atomic E-state index is 0.0891. The van der Waals surface area contributed by atoms with Crippen LogP contribution in [0.25, 0.3) is 0 Å². The lowest BCUT2D eigenvalue weighted by molar-refractivity contribution is 0.0424. The summed E-state index contributed by atoms with van der Waals surface area (Å²) >= 11 is 0. The number of fused-ring (bicyclic) bond motifs is 1. The smallest absolute Gasteiger partial charge is 0.0602 e. The number of hydrogen-bond acceptors (Lipinski definition) is 1. The van der Waals surface area contributed by atoms with Crippen LogP contribution in [0.15, 0.2) is 0 Å². The first-order valence-corrected chi connectivity index (χ1v) is 5.00. The van der Waals surface area contributed by atoms with E-state index in [9.17, 15) is 5.11 Å². The van der Waals surface area contributed by atoms with Gasteiger partial charge in [-0.3, -0.25) is 0 Å². The largest absolute Gasteiger partial charge is 0.393 e. The molecule has 1 N–H and O–H groups in total. The van der Waals surface area contributed by atoms with Crippen molar-refractivity contribution in [2.24, 2.45) is 17.3 Å². The Balaban J connectivity index is 2.00. The summed E-state index contributed by atoms with van der Waals surface area (Å²) in [6, 6.07) is 0. The van der Waals surface area contributed by atoms with Crippen molar-refractivity contribution in [1.82, 2.24) is 0 Å². The van der Waals surface area contributed by atoms with Crippen molar-refractivity contribution in [2.45, 2.75) is 44.6 Å². The minimum Gasteiger partial charge on any atom is -0.393 e. The van der Waals surface area contributed by atoms with Crippen molar-refractivity contribution in [1.29, 1.82) is 0 Å². The van der Waals surface area contributed by atoms with E-state index >= 15 is 0 Å². The van der Waals surface area contributed by atoms with E-state index in [4.69, 9.17) is 0 Å². The zero-order chi connectivity index (χ0) is 7.47. The van der Waals surface area contributed by atoms with Gasteiger partial charge in [0.2, 0.25) is 0 Å². The maximum atomic E-state index is 9.88. The Kier molecular flexibility index (Phi) is 1.07. The first-order valence-electron chi connectivity index (χ1n) is 5.00. The summed E-state index contributed by atoms with van der Waals surface area (Å²) in [6.07, 6.45) is 8.32. The SMILES string of the molecule is O[C@@H]1[C@H]2CC[C@]3(CCC[C@@H]13)C2. The monoisotopic (exact) mass is 152 g/mol. The Labute approximate surface area is 67.8 Å². The average molecular weight is 152 g/mol. The Morgan fingerprint density at radius 3 is 2.91 bits per heavy atom. The molecule has 11 heavy (non-hydrogen) atoms. The van der Waals surface area contributed by atoms with Gasteiger partial charge in [0.05, 0.1) is 6.10 Å². The molecule has 0 aromatic heterocycles. The van der Waals surface area contributed by atoms with Gasteiger partial charge >= 0.3 is 0 Å². The van der Waals surface area contributed by atoms with Gasteiger partial charge in [-0.2, -0.15) is 0 Å². The van der Waals surface area contributed by atoms with Crippen LogP contribution in [0.5, 0.6) is 0 Å². The Hall–Kier alpha value is -0.0400. The van der Waals surface area contributed by atoms with Crippen LogP contribution in [-0.2, 0) is 0 Å². The van der Waals surface area contributed by atoms with Gasteiger partial charge in [-0.05, 0) is 49.4 Å². The van der Waals surface area contributed by atoms with E-state index in [1.165, 1.54) is 38.5 Å². The summed E-state index contributed by atoms with van der Waals surface area (Å²) in [5, 5.41) is 9.88. The second-order valence-corrected chi connectivity index (χ2v) is 4.85. The van der Waals surface area contributed by atoms with Gasteiger partial charge in [-0.25, -0.2) is 0 Å². The van der Waals surface area contributed by atoms with Gasteiger partial charge in [-0.1, -0.05) is 6.42 Å². The maximum absolute atomic E-state index is 9.88. The van der Waals surface area contributed by atoms with Crippen LogP contribution in [0.3, 0.4) is 0 Å². The van der Waals surface area contributed by atoms with Crippen LogP contribution in [0.1, 0.15) is 38.5 Å². The highest BCUT2D eigenvalue weighted by Gasteiger charge is 2.58. The summed E-state index contributed by atoms with van der Waals surface area (Å²) in [5.41, 5.74) is 0.643. The van der Waals surface area contributed by atoms with Gasteiger partial charge in [0.1, 0.15) is 0 Å². The molecule has 62 valence electrons. The zero-order valence-corrected chi connectivity index (χ0v) is 6.92. The summed E-state index contributed by atoms with van der Waals surface area (Å²) in [6.45, 7) is 0. The molecule has 0 aromatic rings. The summed E-state index contributed by atoms with van der Waals surface area (Å²) in [4.78, 5) is 0. The number of hydrogen-bond donors (Lipinski definition) is 1. The normalized spacial score (nSPS) is 60.3. The Morgan fingerprint density at radius 1 is 1.18 bits per heavy atom. The fraction of sp³-hybridized carbons (Fsp3) is 1.00. The van der Waals surface area contributed by atoms with Crippen molar-refractivity contribution in [3.05, 3.63) is 0 Å². The fourth-order valence-electron chi connectivity index (χ4n) is 4.08. The molecule has 0 aliphatic heterocycles. The number of aliphatic hydroxyl groups excluding tert-OH is 1. The molecule has 3 aliphatic carbocycles. The highest BCUT2D eigenvalue weighted by atomic mass is 16.3. The molecule has 0 radical (unpaired) electrons. The first-order chi connectivity index (χ1) is 5.32. The second kappa shape index (κ2) is 1.82. The van der Waals surface area contributed by atoms with Crippen LogP contribution in [-0.4, -0.2) is 11.2 Å². The predicted octanol–water partition coefficient (Wildman–Crippen LogP) is 1.95. The van der Waals surface area contributed by atoms with Crippen molar-refractivity contribution in [2.75, 3.05) is 0 Å². The molecular formula is C10H16O. The van der Waals surface area contributed by atoms with Crippen LogP contribution >= 0.6 is 0 Å². The maximum Gasteiger partial charge on any atom is 0.0602 e. The summed E-state index contributed by atoms with van der Waals surface area (Å²) in [7, 11) is 0. The number of aliphatic hydroxyl groups is 1. The molecule has 0 unspecified atom stereocenters. The van der Waals surface area contributed by atoms with Crippen LogP contribution in [0.2, 0.25) is 0 Å². The molecule has 1 nitrogen and oxygen atoms in total. The molecule has 0 saturated heterocycles. The van der Waals surface area contributed by atoms with E-state index < -0.39 is 0 Å². The van der Waals surface area contributed by atoms with E-state index in [2.05, 4.69) is 0 Å². The average Bonchev–Trinajstić information content (AvgIpc) is 2.61. The van der Waals surface area contributed by atoms with Crippen LogP contribution in [0.4, 0.5) is 0 Å². The first kappa shape index (κ1) is 6.47. The second-order valence-electron chi connectivity index (χ2n) is 4.85. The molecule has 3 saturated carbocycles. The molecule has 0 aromatic carbocycles. The lowest BCUT2D eigenvalue weighted by atomic mass is 9.76. The summed E-state index contributed by atoms with van der Waals surface area (Å²) < 4.78 is 0. The topological polar surface area (TPSA) is 20.2 Å². The molecule has 3 fully saturated rings. The van der Waals surface area contributed by atoms with Crippen molar-refractivity contribution in [3.63, 3.8) is 0 Å². The molecule has 3 rings (SSSR count). The Morgan fingerprint density at radius 2 is 2.09 bits per heavy atom. The van der Waals surface area contributed by atoms with Gasteiger partial charge < -0.3 is 5.11 Å². The molecule has 4 atom stereocenters. The highest BCUT2D eigenvalue weighted by Crippen LogP contribution is 2.64. The third-order valence-electron chi connectivity index (χ3n) is 4.55. The van der Waals surface area contributed by atoms with Gasteiger partial charge in [0.15, 0.2) is 0 Å². The molecule has 1 heteroatoms. The highest BCUT2D eigenvalue weighted by molar-refractivity contribution is 5.08. The van der Waals surface area contributed by atoms with Crippen LogP contribution in [0, 0.1) is 17.3 Å². The molecule has 2 bridgehead atoms. The Bertz CT molecular complexity index is 185. The minimum atomic E-state index is 0.0891. The van der Waals surface area contributed by atoms with Crippen LogP contribution < -0.4 is 0 Å². The van der Waals surface area contributed by atoms with Crippen molar-refractivity contribution >= 4 is 0 Å².